The third-order valence-electron chi connectivity index (χ3n) is 4.90. The van der Waals surface area contributed by atoms with Crippen LogP contribution in [-0.2, 0) is 6.54 Å². The highest BCUT2D eigenvalue weighted by Gasteiger charge is 2.19. The highest BCUT2D eigenvalue weighted by atomic mass is 19.1. The molecule has 5 aromatic rings. The van der Waals surface area contributed by atoms with Gasteiger partial charge in [0.1, 0.15) is 46.4 Å². The van der Waals surface area contributed by atoms with Crippen molar-refractivity contribution in [1.82, 2.24) is 34.5 Å². The Hall–Kier alpha value is -4.34. The van der Waals surface area contributed by atoms with Crippen molar-refractivity contribution in [1.29, 1.82) is 0 Å². The molecule has 0 radical (unpaired) electrons. The summed E-state index contributed by atoms with van der Waals surface area (Å²) < 4.78 is 22.8. The van der Waals surface area contributed by atoms with Gasteiger partial charge in [-0.25, -0.2) is 19.0 Å². The molecule has 0 atom stereocenters. The average Bonchev–Trinajstić information content (AvgIpc) is 3.40. The lowest BCUT2D eigenvalue weighted by Gasteiger charge is -2.06. The number of methoxy groups -OCH3 is 1. The number of benzene rings is 1. The van der Waals surface area contributed by atoms with Crippen molar-refractivity contribution in [2.45, 2.75) is 6.54 Å². The molecule has 2 N–H and O–H groups in total. The Kier molecular flexibility index (Phi) is 4.51. The first-order valence-corrected chi connectivity index (χ1v) is 9.40. The van der Waals surface area contributed by atoms with E-state index in [1.54, 1.807) is 43.8 Å². The summed E-state index contributed by atoms with van der Waals surface area (Å²) in [6, 6.07) is 10.0. The van der Waals surface area contributed by atoms with E-state index >= 15 is 0 Å². The van der Waals surface area contributed by atoms with Crippen LogP contribution in [0, 0.1) is 5.82 Å². The van der Waals surface area contributed by atoms with E-state index < -0.39 is 0 Å². The zero-order chi connectivity index (χ0) is 21.4. The van der Waals surface area contributed by atoms with Crippen molar-refractivity contribution in [3.63, 3.8) is 0 Å². The predicted octanol–water partition coefficient (Wildman–Crippen LogP) is 2.85. The largest absolute Gasteiger partial charge is 0.494 e. The van der Waals surface area contributed by atoms with E-state index in [9.17, 15) is 4.39 Å². The van der Waals surface area contributed by atoms with Gasteiger partial charge in [0.25, 0.3) is 0 Å². The summed E-state index contributed by atoms with van der Waals surface area (Å²) in [5, 5.41) is 8.91. The van der Waals surface area contributed by atoms with Gasteiger partial charge in [-0.2, -0.15) is 0 Å². The number of nitrogens with zero attached hydrogens (tertiary/aromatic N) is 7. The SMILES string of the molecule is COc1cccnc1-c1cn(Cc2cn(-c3ccccc3F)nn2)c2ncnc(N)c12. The molecule has 4 aromatic heterocycles. The third-order valence-corrected chi connectivity index (χ3v) is 4.90. The monoisotopic (exact) mass is 416 g/mol. The molecule has 9 nitrogen and oxygen atoms in total. The molecule has 0 fully saturated rings. The number of halogens is 1. The third kappa shape index (κ3) is 3.23. The molecule has 4 heterocycles. The first-order valence-electron chi connectivity index (χ1n) is 9.40. The number of fused-ring (bicyclic) bond motifs is 1. The van der Waals surface area contributed by atoms with Crippen LogP contribution >= 0.6 is 0 Å². The minimum Gasteiger partial charge on any atom is -0.494 e. The Morgan fingerprint density at radius 2 is 1.94 bits per heavy atom. The van der Waals surface area contributed by atoms with E-state index in [1.165, 1.54) is 17.1 Å². The maximum atomic E-state index is 14.1. The first-order chi connectivity index (χ1) is 15.2. The summed E-state index contributed by atoms with van der Waals surface area (Å²) in [6.07, 6.45) is 6.64. The number of rotatable bonds is 5. The molecular formula is C21H17FN8O. The fourth-order valence-corrected chi connectivity index (χ4v) is 3.51. The lowest BCUT2D eigenvalue weighted by Crippen LogP contribution is -2.01. The zero-order valence-electron chi connectivity index (χ0n) is 16.5. The Morgan fingerprint density at radius 1 is 1.06 bits per heavy atom. The number of nitrogen functional groups attached to an aromatic ring is 1. The number of ether oxygens (including phenoxy) is 1. The summed E-state index contributed by atoms with van der Waals surface area (Å²) in [7, 11) is 1.58. The quantitative estimate of drug-likeness (QED) is 0.469. The second-order valence-electron chi connectivity index (χ2n) is 6.79. The highest BCUT2D eigenvalue weighted by Crippen LogP contribution is 2.36. The molecule has 0 aliphatic carbocycles. The van der Waals surface area contributed by atoms with Gasteiger partial charge in [-0.3, -0.25) is 4.98 Å². The predicted molar refractivity (Wildman–Crippen MR) is 112 cm³/mol. The van der Waals surface area contributed by atoms with Crippen LogP contribution in [0.4, 0.5) is 10.2 Å². The Morgan fingerprint density at radius 3 is 2.77 bits per heavy atom. The number of nitrogens with two attached hydrogens (primary N) is 1. The van der Waals surface area contributed by atoms with Gasteiger partial charge in [-0.05, 0) is 24.3 Å². The van der Waals surface area contributed by atoms with E-state index in [2.05, 4.69) is 25.3 Å². The maximum absolute atomic E-state index is 14.1. The Labute approximate surface area is 176 Å². The second-order valence-corrected chi connectivity index (χ2v) is 6.79. The van der Waals surface area contributed by atoms with Gasteiger partial charge < -0.3 is 15.0 Å². The Balaban J connectivity index is 1.59. The van der Waals surface area contributed by atoms with Gasteiger partial charge in [0.2, 0.25) is 0 Å². The van der Waals surface area contributed by atoms with E-state index in [0.29, 0.717) is 46.2 Å². The van der Waals surface area contributed by atoms with E-state index in [0.717, 1.165) is 5.56 Å². The van der Waals surface area contributed by atoms with E-state index in [4.69, 9.17) is 10.5 Å². The molecule has 0 bridgehead atoms. The number of anilines is 1. The molecule has 0 aliphatic heterocycles. The molecule has 5 rings (SSSR count). The summed E-state index contributed by atoms with van der Waals surface area (Å²) in [4.78, 5) is 13.0. The minimum atomic E-state index is -0.379. The second kappa shape index (κ2) is 7.48. The number of pyridine rings is 1. The van der Waals surface area contributed by atoms with Crippen molar-refractivity contribution in [2.24, 2.45) is 0 Å². The fourth-order valence-electron chi connectivity index (χ4n) is 3.51. The van der Waals surface area contributed by atoms with Crippen LogP contribution in [0.3, 0.4) is 0 Å². The summed E-state index contributed by atoms with van der Waals surface area (Å²) in [5.74, 6) is 0.562. The van der Waals surface area contributed by atoms with Crippen molar-refractivity contribution in [3.8, 4) is 22.7 Å². The topological polar surface area (TPSA) is 110 Å². The molecule has 0 unspecified atom stereocenters. The molecule has 0 saturated carbocycles. The zero-order valence-corrected chi connectivity index (χ0v) is 16.5. The fraction of sp³-hybridized carbons (Fsp3) is 0.0952. The van der Waals surface area contributed by atoms with Gasteiger partial charge in [0, 0.05) is 18.0 Å². The molecule has 31 heavy (non-hydrogen) atoms. The number of hydrogen-bond acceptors (Lipinski definition) is 7. The normalized spacial score (nSPS) is 11.2. The van der Waals surface area contributed by atoms with Gasteiger partial charge in [-0.15, -0.1) is 5.10 Å². The van der Waals surface area contributed by atoms with E-state index in [1.807, 2.05) is 16.8 Å². The van der Waals surface area contributed by atoms with Crippen LogP contribution in [0.5, 0.6) is 5.75 Å². The van der Waals surface area contributed by atoms with Crippen LogP contribution in [0.25, 0.3) is 28.0 Å². The van der Waals surface area contributed by atoms with Crippen LogP contribution < -0.4 is 10.5 Å². The van der Waals surface area contributed by atoms with Gasteiger partial charge >= 0.3 is 0 Å². The molecule has 1 aromatic carbocycles. The van der Waals surface area contributed by atoms with Gasteiger partial charge in [-0.1, -0.05) is 17.3 Å². The molecule has 0 amide bonds. The smallest absolute Gasteiger partial charge is 0.148 e. The van der Waals surface area contributed by atoms with Crippen LogP contribution in [0.1, 0.15) is 5.69 Å². The Bertz CT molecular complexity index is 1390. The lowest BCUT2D eigenvalue weighted by molar-refractivity contribution is 0.415. The summed E-state index contributed by atoms with van der Waals surface area (Å²) >= 11 is 0. The highest BCUT2D eigenvalue weighted by molar-refractivity contribution is 6.00. The van der Waals surface area contributed by atoms with Crippen LogP contribution in [0.15, 0.2) is 61.3 Å². The van der Waals surface area contributed by atoms with E-state index in [-0.39, 0.29) is 5.82 Å². The molecule has 154 valence electrons. The van der Waals surface area contributed by atoms with Crippen LogP contribution in [0.2, 0.25) is 0 Å². The lowest BCUT2D eigenvalue weighted by atomic mass is 10.1. The number of hydrogen-bond donors (Lipinski definition) is 1. The van der Waals surface area contributed by atoms with Crippen molar-refractivity contribution in [3.05, 3.63) is 72.8 Å². The molecule has 10 heteroatoms. The first kappa shape index (κ1) is 18.7. The minimum absolute atomic E-state index is 0.323. The van der Waals surface area contributed by atoms with Crippen LogP contribution in [-0.4, -0.2) is 41.6 Å². The van der Waals surface area contributed by atoms with Crippen molar-refractivity contribution < 1.29 is 9.13 Å². The maximum Gasteiger partial charge on any atom is 0.148 e. The molecular weight excluding hydrogens is 399 g/mol. The average molecular weight is 416 g/mol. The standard InChI is InChI=1S/C21H17FN8O/c1-31-17-7-4-8-24-19(17)14-11-29(21-18(14)20(23)25-12-26-21)9-13-10-30(28-27-13)16-6-3-2-5-15(16)22/h2-8,10-12H,9H2,1H3,(H2,23,25,26). The summed E-state index contributed by atoms with van der Waals surface area (Å²) in [6.45, 7) is 0.344. The van der Waals surface area contributed by atoms with Gasteiger partial charge in [0.05, 0.1) is 25.2 Å². The summed E-state index contributed by atoms with van der Waals surface area (Å²) in [5.41, 5.74) is 9.12. The van der Waals surface area contributed by atoms with Gasteiger partial charge in [0.15, 0.2) is 0 Å². The number of para-hydroxylation sites is 1. The number of aromatic nitrogens is 7. The van der Waals surface area contributed by atoms with Crippen molar-refractivity contribution in [2.75, 3.05) is 12.8 Å². The molecule has 0 spiro atoms. The van der Waals surface area contributed by atoms with Crippen molar-refractivity contribution >= 4 is 16.9 Å². The molecule has 0 aliphatic rings. The molecule has 0 saturated heterocycles.